The number of fused-ring (bicyclic) bond motifs is 5. The molecule has 6 rings (SSSR count). The highest BCUT2D eigenvalue weighted by Gasteiger charge is 2.44. The maximum atomic E-state index is 12.0. The first kappa shape index (κ1) is 22.8. The van der Waals surface area contributed by atoms with Crippen molar-refractivity contribution < 1.29 is 19.6 Å². The Labute approximate surface area is 213 Å². The molecule has 0 amide bonds. The van der Waals surface area contributed by atoms with Crippen LogP contribution in [0.1, 0.15) is 50.1 Å². The van der Waals surface area contributed by atoms with Crippen LogP contribution in [0.4, 0.5) is 11.4 Å². The van der Waals surface area contributed by atoms with Crippen molar-refractivity contribution >= 4 is 17.3 Å². The largest absolute Gasteiger partial charge is 0.489 e. The summed E-state index contributed by atoms with van der Waals surface area (Å²) in [6.07, 6.45) is 0.910. The van der Waals surface area contributed by atoms with E-state index in [1.165, 1.54) is 23.3 Å². The van der Waals surface area contributed by atoms with Gasteiger partial charge in [-0.2, -0.15) is 0 Å². The van der Waals surface area contributed by atoms with Crippen LogP contribution >= 0.6 is 0 Å². The van der Waals surface area contributed by atoms with Gasteiger partial charge in [-0.05, 0) is 70.5 Å². The number of nitrogens with one attached hydrogen (secondary N) is 1. The highest BCUT2D eigenvalue weighted by Crippen LogP contribution is 2.54. The fraction of sp³-hybridized carbons (Fsp3) is 0.167. The molecule has 1 heterocycles. The molecule has 0 aromatic heterocycles. The monoisotopic (exact) mass is 492 g/mol. The summed E-state index contributed by atoms with van der Waals surface area (Å²) in [5.41, 5.74) is 6.54. The topological polar surface area (TPSA) is 102 Å². The van der Waals surface area contributed by atoms with Gasteiger partial charge in [0.05, 0.1) is 22.2 Å². The van der Waals surface area contributed by atoms with Crippen LogP contribution in [-0.2, 0) is 13.0 Å². The van der Waals surface area contributed by atoms with E-state index < -0.39 is 10.9 Å². The second-order valence-corrected chi connectivity index (χ2v) is 9.52. The highest BCUT2D eigenvalue weighted by molar-refractivity contribution is 5.96. The normalized spacial score (nSPS) is 19.2. The van der Waals surface area contributed by atoms with Crippen LogP contribution in [0.2, 0.25) is 0 Å². The third kappa shape index (κ3) is 4.08. The molecular weight excluding hydrogens is 468 g/mol. The number of non-ortho nitro benzene ring substituents is 1. The fourth-order valence-electron chi connectivity index (χ4n) is 5.75. The molecule has 4 aromatic carbocycles. The van der Waals surface area contributed by atoms with E-state index in [4.69, 9.17) is 4.74 Å². The number of anilines is 1. The van der Waals surface area contributed by atoms with Crippen molar-refractivity contribution in [3.05, 3.63) is 134 Å². The van der Waals surface area contributed by atoms with Crippen LogP contribution < -0.4 is 10.1 Å². The van der Waals surface area contributed by atoms with Crippen molar-refractivity contribution in [2.75, 3.05) is 5.32 Å². The SMILES string of the molecule is O=C(O)c1cccc2c1N[C@H](c1ccc(OCc3ccc([N+](=O)[O-])cc3)cc1)[C@H]1Cc3ccccc3[C@H]21. The van der Waals surface area contributed by atoms with E-state index in [-0.39, 0.29) is 29.1 Å². The van der Waals surface area contributed by atoms with Gasteiger partial charge in [0.2, 0.25) is 0 Å². The Morgan fingerprint density at radius 2 is 1.68 bits per heavy atom. The number of ether oxygens (including phenoxy) is 1. The van der Waals surface area contributed by atoms with E-state index in [0.717, 1.165) is 23.1 Å². The number of carboxylic acid groups (broad SMARTS) is 1. The highest BCUT2D eigenvalue weighted by atomic mass is 16.6. The van der Waals surface area contributed by atoms with Crippen LogP contribution in [0, 0.1) is 16.0 Å². The quantitative estimate of drug-likeness (QED) is 0.240. The number of para-hydroxylation sites is 1. The molecule has 0 bridgehead atoms. The summed E-state index contributed by atoms with van der Waals surface area (Å²) in [6.45, 7) is 0.300. The molecule has 7 heteroatoms. The number of carboxylic acids is 1. The van der Waals surface area contributed by atoms with Crippen molar-refractivity contribution in [1.82, 2.24) is 0 Å². The number of hydrogen-bond acceptors (Lipinski definition) is 5. The molecule has 7 nitrogen and oxygen atoms in total. The van der Waals surface area contributed by atoms with Crippen molar-refractivity contribution in [1.29, 1.82) is 0 Å². The Balaban J connectivity index is 1.28. The lowest BCUT2D eigenvalue weighted by atomic mass is 9.75. The van der Waals surface area contributed by atoms with Crippen LogP contribution in [0.3, 0.4) is 0 Å². The van der Waals surface area contributed by atoms with Gasteiger partial charge in [0.15, 0.2) is 0 Å². The second kappa shape index (κ2) is 9.09. The van der Waals surface area contributed by atoms with Gasteiger partial charge in [-0.3, -0.25) is 10.1 Å². The zero-order valence-corrected chi connectivity index (χ0v) is 19.8. The summed E-state index contributed by atoms with van der Waals surface area (Å²) >= 11 is 0. The molecule has 1 aliphatic carbocycles. The Bertz CT molecular complexity index is 1500. The van der Waals surface area contributed by atoms with E-state index in [2.05, 4.69) is 29.6 Å². The second-order valence-electron chi connectivity index (χ2n) is 9.52. The third-order valence-corrected chi connectivity index (χ3v) is 7.46. The molecule has 0 saturated heterocycles. The number of hydrogen-bond donors (Lipinski definition) is 2. The molecule has 0 unspecified atom stereocenters. The Morgan fingerprint density at radius 3 is 2.41 bits per heavy atom. The van der Waals surface area contributed by atoms with Gasteiger partial charge in [-0.15, -0.1) is 0 Å². The fourth-order valence-corrected chi connectivity index (χ4v) is 5.75. The van der Waals surface area contributed by atoms with Crippen molar-refractivity contribution in [2.45, 2.75) is 25.0 Å². The lowest BCUT2D eigenvalue weighted by Crippen LogP contribution is -2.31. The van der Waals surface area contributed by atoms with Gasteiger partial charge < -0.3 is 15.2 Å². The number of rotatable bonds is 6. The molecule has 184 valence electrons. The van der Waals surface area contributed by atoms with Gasteiger partial charge >= 0.3 is 5.97 Å². The minimum Gasteiger partial charge on any atom is -0.489 e. The minimum absolute atomic E-state index is 0.0491. The molecule has 0 fully saturated rings. The molecule has 0 spiro atoms. The number of aromatic carboxylic acids is 1. The first-order valence-electron chi connectivity index (χ1n) is 12.2. The lowest BCUT2D eigenvalue weighted by Gasteiger charge is -2.38. The number of nitrogens with zero attached hydrogens (tertiary/aromatic N) is 1. The summed E-state index contributed by atoms with van der Waals surface area (Å²) in [5.74, 6) is 0.120. The average molecular weight is 493 g/mol. The number of nitro benzene ring substituents is 1. The van der Waals surface area contributed by atoms with Gasteiger partial charge in [0.1, 0.15) is 12.4 Å². The maximum absolute atomic E-state index is 12.0. The lowest BCUT2D eigenvalue weighted by molar-refractivity contribution is -0.384. The average Bonchev–Trinajstić information content (AvgIpc) is 3.31. The zero-order chi connectivity index (χ0) is 25.5. The molecule has 37 heavy (non-hydrogen) atoms. The van der Waals surface area contributed by atoms with Crippen molar-refractivity contribution in [3.63, 3.8) is 0 Å². The molecule has 2 aliphatic rings. The van der Waals surface area contributed by atoms with Gasteiger partial charge in [-0.25, -0.2) is 4.79 Å². The predicted octanol–water partition coefficient (Wildman–Crippen LogP) is 6.34. The smallest absolute Gasteiger partial charge is 0.337 e. The maximum Gasteiger partial charge on any atom is 0.337 e. The number of nitro groups is 1. The van der Waals surface area contributed by atoms with E-state index >= 15 is 0 Å². The van der Waals surface area contributed by atoms with Crippen LogP contribution in [0.5, 0.6) is 5.75 Å². The van der Waals surface area contributed by atoms with Gasteiger partial charge in [0, 0.05) is 18.1 Å². The summed E-state index contributed by atoms with van der Waals surface area (Å²) in [6, 6.07) is 28.1. The van der Waals surface area contributed by atoms with Crippen molar-refractivity contribution in [3.8, 4) is 5.75 Å². The standard InChI is InChI=1S/C30H24N2O5/c33-30(34)25-7-3-6-24-27-23-5-2-1-4-20(23)16-26(27)28(31-29(24)25)19-10-14-22(15-11-19)37-17-18-8-12-21(13-9-18)32(35)36/h1-15,26-28,31H,16-17H2,(H,33,34)/t26-,27+,28+/m0/s1. The van der Waals surface area contributed by atoms with Gasteiger partial charge in [0.25, 0.3) is 5.69 Å². The molecule has 0 radical (unpaired) electrons. The number of benzene rings is 4. The Kier molecular flexibility index (Phi) is 5.60. The molecule has 4 aromatic rings. The van der Waals surface area contributed by atoms with E-state index in [1.54, 1.807) is 18.2 Å². The van der Waals surface area contributed by atoms with Crippen LogP contribution in [-0.4, -0.2) is 16.0 Å². The third-order valence-electron chi connectivity index (χ3n) is 7.46. The van der Waals surface area contributed by atoms with E-state index in [0.29, 0.717) is 18.0 Å². The Hall–Kier alpha value is -4.65. The summed E-state index contributed by atoms with van der Waals surface area (Å²) in [4.78, 5) is 22.5. The van der Waals surface area contributed by atoms with Gasteiger partial charge in [-0.1, -0.05) is 48.5 Å². The molecule has 0 saturated carbocycles. The molecule has 1 aliphatic heterocycles. The van der Waals surface area contributed by atoms with E-state index in [9.17, 15) is 20.0 Å². The summed E-state index contributed by atoms with van der Waals surface area (Å²) in [5, 5.41) is 24.3. The molecule has 2 N–H and O–H groups in total. The minimum atomic E-state index is -0.942. The molecule has 3 atom stereocenters. The first-order valence-corrected chi connectivity index (χ1v) is 12.2. The van der Waals surface area contributed by atoms with Crippen LogP contribution in [0.15, 0.2) is 91.0 Å². The van der Waals surface area contributed by atoms with Crippen molar-refractivity contribution in [2.24, 2.45) is 5.92 Å². The Morgan fingerprint density at radius 1 is 0.946 bits per heavy atom. The zero-order valence-electron chi connectivity index (χ0n) is 19.8. The summed E-state index contributed by atoms with van der Waals surface area (Å²) < 4.78 is 5.91. The first-order chi connectivity index (χ1) is 18.0. The van der Waals surface area contributed by atoms with E-state index in [1.807, 2.05) is 36.4 Å². The summed E-state index contributed by atoms with van der Waals surface area (Å²) in [7, 11) is 0. The predicted molar refractivity (Wildman–Crippen MR) is 139 cm³/mol. The molecular formula is C30H24N2O5. The number of carbonyl (C=O) groups is 1. The van der Waals surface area contributed by atoms with Crippen LogP contribution in [0.25, 0.3) is 0 Å².